The summed E-state index contributed by atoms with van der Waals surface area (Å²) in [5.41, 5.74) is 2.32. The molecular weight excluding hydrogens is 244 g/mol. The Morgan fingerprint density at radius 3 is 2.84 bits per heavy atom. The van der Waals surface area contributed by atoms with E-state index in [0.29, 0.717) is 0 Å². The summed E-state index contributed by atoms with van der Waals surface area (Å²) in [4.78, 5) is 11.7. The predicted octanol–water partition coefficient (Wildman–Crippen LogP) is 2.78. The highest BCUT2D eigenvalue weighted by Crippen LogP contribution is 2.21. The molecule has 0 saturated carbocycles. The zero-order valence-corrected chi connectivity index (χ0v) is 11.1. The average molecular weight is 264 g/mol. The van der Waals surface area contributed by atoms with Crippen LogP contribution in [0.2, 0.25) is 0 Å². The van der Waals surface area contributed by atoms with Crippen LogP contribution in [-0.2, 0) is 0 Å². The van der Waals surface area contributed by atoms with Gasteiger partial charge in [-0.1, -0.05) is 26.2 Å². The van der Waals surface area contributed by atoms with Gasteiger partial charge in [0, 0.05) is 6.21 Å². The number of unbranched alkanes of at least 4 members (excludes halogenated alkanes) is 4. The molecule has 0 unspecified atom stereocenters. The second kappa shape index (κ2) is 8.13. The van der Waals surface area contributed by atoms with Crippen LogP contribution in [0.25, 0.3) is 0 Å². The molecule has 0 atom stereocenters. The number of hydrogen-bond donors (Lipinski definition) is 3. The minimum Gasteiger partial charge on any atom is -0.508 e. The zero-order chi connectivity index (χ0) is 14.1. The topological polar surface area (TPSA) is 81.9 Å². The van der Waals surface area contributed by atoms with Gasteiger partial charge in [-0.15, -0.1) is 0 Å². The van der Waals surface area contributed by atoms with Gasteiger partial charge < -0.3 is 10.2 Å². The number of nitrogens with zero attached hydrogens (tertiary/aromatic N) is 1. The van der Waals surface area contributed by atoms with Crippen molar-refractivity contribution in [1.82, 2.24) is 5.43 Å². The molecule has 0 aromatic heterocycles. The summed E-state index contributed by atoms with van der Waals surface area (Å²) in [5.74, 6) is -0.807. The molecule has 19 heavy (non-hydrogen) atoms. The summed E-state index contributed by atoms with van der Waals surface area (Å²) < 4.78 is 0. The number of carbonyl (C=O) groups excluding carboxylic acids is 1. The molecular formula is C14H20N2O3. The third-order valence-electron chi connectivity index (χ3n) is 2.67. The van der Waals surface area contributed by atoms with Crippen molar-refractivity contribution in [2.75, 3.05) is 0 Å². The predicted molar refractivity (Wildman–Crippen MR) is 74.5 cm³/mol. The minimum absolute atomic E-state index is 0.00290. The number of phenols is 2. The number of carbonyl (C=O) groups is 1. The van der Waals surface area contributed by atoms with Crippen LogP contribution in [0.3, 0.4) is 0 Å². The lowest BCUT2D eigenvalue weighted by Gasteiger charge is -2.03. The quantitative estimate of drug-likeness (QED) is 0.306. The van der Waals surface area contributed by atoms with Gasteiger partial charge in [-0.3, -0.25) is 4.79 Å². The van der Waals surface area contributed by atoms with Crippen molar-refractivity contribution in [3.63, 3.8) is 0 Å². The van der Waals surface area contributed by atoms with Gasteiger partial charge in [0.1, 0.15) is 11.5 Å². The van der Waals surface area contributed by atoms with E-state index in [1.165, 1.54) is 31.0 Å². The minimum atomic E-state index is -0.543. The lowest BCUT2D eigenvalue weighted by atomic mass is 10.2. The molecule has 1 aromatic rings. The Labute approximate surface area is 113 Å². The Hall–Kier alpha value is -2.04. The molecule has 3 N–H and O–H groups in total. The fourth-order valence-electron chi connectivity index (χ4n) is 1.60. The summed E-state index contributed by atoms with van der Waals surface area (Å²) in [7, 11) is 0. The van der Waals surface area contributed by atoms with E-state index in [1.54, 1.807) is 6.21 Å². The van der Waals surface area contributed by atoms with Crippen molar-refractivity contribution in [3.8, 4) is 11.5 Å². The number of hydrogen-bond acceptors (Lipinski definition) is 4. The fraction of sp³-hybridized carbons (Fsp3) is 0.429. The van der Waals surface area contributed by atoms with Crippen molar-refractivity contribution in [1.29, 1.82) is 0 Å². The Morgan fingerprint density at radius 1 is 1.32 bits per heavy atom. The first-order chi connectivity index (χ1) is 9.15. The molecule has 1 amide bonds. The molecule has 0 radical (unpaired) electrons. The molecule has 0 fully saturated rings. The highest BCUT2D eigenvalue weighted by molar-refractivity contribution is 5.97. The molecule has 0 saturated heterocycles. The number of benzene rings is 1. The smallest absolute Gasteiger partial charge is 0.275 e. The summed E-state index contributed by atoms with van der Waals surface area (Å²) in [6.45, 7) is 2.15. The van der Waals surface area contributed by atoms with Crippen molar-refractivity contribution >= 4 is 12.1 Å². The van der Waals surface area contributed by atoms with E-state index < -0.39 is 5.91 Å². The van der Waals surface area contributed by atoms with E-state index in [-0.39, 0.29) is 17.1 Å². The maximum Gasteiger partial charge on any atom is 0.275 e. The van der Waals surface area contributed by atoms with E-state index >= 15 is 0 Å². The first-order valence-electron chi connectivity index (χ1n) is 6.49. The third-order valence-corrected chi connectivity index (χ3v) is 2.67. The number of aromatic hydroxyl groups is 2. The number of nitrogens with one attached hydrogen (secondary N) is 1. The van der Waals surface area contributed by atoms with Gasteiger partial charge >= 0.3 is 0 Å². The standard InChI is InChI=1S/C14H20N2O3/c1-2-3-4-5-6-9-15-16-14(19)12-10-11(17)7-8-13(12)18/h7-10,17-18H,2-6H2,1H3,(H,16,19). The Balaban J connectivity index is 2.38. The molecule has 104 valence electrons. The van der Waals surface area contributed by atoms with Gasteiger partial charge in [0.15, 0.2) is 0 Å². The normalized spacial score (nSPS) is 10.8. The van der Waals surface area contributed by atoms with Crippen molar-refractivity contribution in [3.05, 3.63) is 23.8 Å². The van der Waals surface area contributed by atoms with Crippen molar-refractivity contribution < 1.29 is 15.0 Å². The van der Waals surface area contributed by atoms with E-state index in [0.717, 1.165) is 19.3 Å². The van der Waals surface area contributed by atoms with Crippen LogP contribution < -0.4 is 5.43 Å². The molecule has 0 heterocycles. The van der Waals surface area contributed by atoms with Crippen molar-refractivity contribution in [2.45, 2.75) is 39.0 Å². The third kappa shape index (κ3) is 5.42. The maximum absolute atomic E-state index is 11.7. The van der Waals surface area contributed by atoms with E-state index in [4.69, 9.17) is 0 Å². The highest BCUT2D eigenvalue weighted by Gasteiger charge is 2.10. The first kappa shape index (κ1) is 15.0. The van der Waals surface area contributed by atoms with Crippen LogP contribution in [0, 0.1) is 0 Å². The fourth-order valence-corrected chi connectivity index (χ4v) is 1.60. The number of rotatable bonds is 7. The largest absolute Gasteiger partial charge is 0.508 e. The Kier molecular flexibility index (Phi) is 6.43. The molecule has 0 bridgehead atoms. The van der Waals surface area contributed by atoms with Crippen molar-refractivity contribution in [2.24, 2.45) is 5.10 Å². The van der Waals surface area contributed by atoms with Gasteiger partial charge in [-0.2, -0.15) is 5.10 Å². The Morgan fingerprint density at radius 2 is 2.11 bits per heavy atom. The van der Waals surface area contributed by atoms with Crippen LogP contribution in [0.4, 0.5) is 0 Å². The van der Waals surface area contributed by atoms with Gasteiger partial charge in [0.05, 0.1) is 5.56 Å². The van der Waals surface area contributed by atoms with E-state index in [2.05, 4.69) is 17.5 Å². The lowest BCUT2D eigenvalue weighted by molar-refractivity contribution is 0.0952. The van der Waals surface area contributed by atoms with Crippen LogP contribution >= 0.6 is 0 Å². The van der Waals surface area contributed by atoms with Gasteiger partial charge in [0.2, 0.25) is 0 Å². The van der Waals surface area contributed by atoms with Crippen LogP contribution in [0.15, 0.2) is 23.3 Å². The first-order valence-corrected chi connectivity index (χ1v) is 6.49. The molecule has 0 aliphatic heterocycles. The lowest BCUT2D eigenvalue weighted by Crippen LogP contribution is -2.17. The summed E-state index contributed by atoms with van der Waals surface area (Å²) >= 11 is 0. The SMILES string of the molecule is CCCCCCC=NNC(=O)c1cc(O)ccc1O. The monoisotopic (exact) mass is 264 g/mol. The molecule has 0 spiro atoms. The van der Waals surface area contributed by atoms with Crippen LogP contribution in [0.1, 0.15) is 49.4 Å². The molecule has 5 nitrogen and oxygen atoms in total. The van der Waals surface area contributed by atoms with Gasteiger partial charge in [-0.05, 0) is 31.0 Å². The van der Waals surface area contributed by atoms with Crippen LogP contribution in [-0.4, -0.2) is 22.3 Å². The summed E-state index contributed by atoms with van der Waals surface area (Å²) in [6, 6.07) is 3.77. The molecule has 0 aliphatic rings. The maximum atomic E-state index is 11.7. The Bertz CT molecular complexity index is 444. The molecule has 1 aromatic carbocycles. The molecule has 5 heteroatoms. The zero-order valence-electron chi connectivity index (χ0n) is 11.1. The van der Waals surface area contributed by atoms with E-state index in [1.807, 2.05) is 0 Å². The second-order valence-electron chi connectivity index (χ2n) is 4.30. The van der Waals surface area contributed by atoms with Crippen LogP contribution in [0.5, 0.6) is 11.5 Å². The highest BCUT2D eigenvalue weighted by atomic mass is 16.3. The van der Waals surface area contributed by atoms with E-state index in [9.17, 15) is 15.0 Å². The van der Waals surface area contributed by atoms with Gasteiger partial charge in [-0.25, -0.2) is 5.43 Å². The molecule has 1 rings (SSSR count). The number of phenolic OH excluding ortho intramolecular Hbond substituents is 2. The molecule has 0 aliphatic carbocycles. The second-order valence-corrected chi connectivity index (χ2v) is 4.30. The summed E-state index contributed by atoms with van der Waals surface area (Å²) in [6.07, 6.45) is 7.05. The number of hydrazone groups is 1. The summed E-state index contributed by atoms with van der Waals surface area (Å²) in [5, 5.41) is 22.5. The van der Waals surface area contributed by atoms with Gasteiger partial charge in [0.25, 0.3) is 5.91 Å². The average Bonchev–Trinajstić information content (AvgIpc) is 2.40. The number of amides is 1.